The van der Waals surface area contributed by atoms with Crippen molar-refractivity contribution < 1.29 is 27.4 Å². The minimum absolute atomic E-state index is 0.0989. The smallest absolute Gasteiger partial charge is 0.422 e. The number of methoxy groups -OCH3 is 1. The number of ether oxygens (including phenoxy) is 3. The molecule has 168 valence electrons. The van der Waals surface area contributed by atoms with Gasteiger partial charge in [-0.15, -0.1) is 0 Å². The average molecular weight is 438 g/mol. The van der Waals surface area contributed by atoms with Crippen LogP contribution in [-0.4, -0.2) is 43.7 Å². The van der Waals surface area contributed by atoms with Gasteiger partial charge in [-0.3, -0.25) is 4.79 Å². The third-order valence-electron chi connectivity index (χ3n) is 5.54. The van der Waals surface area contributed by atoms with Crippen molar-refractivity contribution in [3.05, 3.63) is 45.7 Å². The molecule has 1 N–H and O–H groups in total. The van der Waals surface area contributed by atoms with E-state index in [1.807, 2.05) is 6.07 Å². The Bertz CT molecular complexity index is 997. The fraction of sp³-hybridized carbons (Fsp3) is 0.500. The highest BCUT2D eigenvalue weighted by Crippen LogP contribution is 2.36. The van der Waals surface area contributed by atoms with Gasteiger partial charge in [-0.25, -0.2) is 0 Å². The summed E-state index contributed by atoms with van der Waals surface area (Å²) in [7, 11) is 1.47. The maximum absolute atomic E-state index is 12.7. The molecule has 0 aliphatic carbocycles. The van der Waals surface area contributed by atoms with E-state index in [-0.39, 0.29) is 24.0 Å². The van der Waals surface area contributed by atoms with Crippen molar-refractivity contribution in [2.24, 2.45) is 0 Å². The molecule has 0 saturated carbocycles. The number of nitrogens with zero attached hydrogens (tertiary/aromatic N) is 1. The van der Waals surface area contributed by atoms with Crippen LogP contribution in [0.4, 0.5) is 18.9 Å². The van der Waals surface area contributed by atoms with Crippen LogP contribution < -0.4 is 15.6 Å². The summed E-state index contributed by atoms with van der Waals surface area (Å²) in [5.41, 5.74) is 3.45. The summed E-state index contributed by atoms with van der Waals surface area (Å²) >= 11 is 0. The van der Waals surface area contributed by atoms with Crippen molar-refractivity contribution in [2.75, 3.05) is 32.2 Å². The van der Waals surface area contributed by atoms with E-state index < -0.39 is 12.8 Å². The second kappa shape index (κ2) is 8.92. The predicted molar refractivity (Wildman–Crippen MR) is 110 cm³/mol. The molecule has 1 saturated heterocycles. The highest BCUT2D eigenvalue weighted by atomic mass is 19.4. The van der Waals surface area contributed by atoms with Crippen LogP contribution in [0.1, 0.15) is 24.0 Å². The minimum Gasteiger partial charge on any atom is -0.484 e. The molecular weight excluding hydrogens is 413 g/mol. The van der Waals surface area contributed by atoms with Gasteiger partial charge in [0, 0.05) is 49.7 Å². The van der Waals surface area contributed by atoms with Crippen LogP contribution in [0.25, 0.3) is 11.3 Å². The summed E-state index contributed by atoms with van der Waals surface area (Å²) in [6.45, 7) is 0.565. The van der Waals surface area contributed by atoms with Crippen LogP contribution in [0, 0.1) is 0 Å². The summed E-state index contributed by atoms with van der Waals surface area (Å²) in [5, 5.41) is 3.28. The number of aryl methyl sites for hydroxylation is 1. The van der Waals surface area contributed by atoms with Crippen LogP contribution in [0.3, 0.4) is 0 Å². The second-order valence-corrected chi connectivity index (χ2v) is 7.84. The van der Waals surface area contributed by atoms with Crippen molar-refractivity contribution in [1.29, 1.82) is 0 Å². The molecule has 2 aromatic rings. The molecule has 1 unspecified atom stereocenters. The number of pyridine rings is 1. The van der Waals surface area contributed by atoms with Crippen molar-refractivity contribution in [2.45, 2.75) is 44.7 Å². The monoisotopic (exact) mass is 438 g/mol. The van der Waals surface area contributed by atoms with E-state index in [0.29, 0.717) is 30.8 Å². The molecule has 6 nitrogen and oxygen atoms in total. The second-order valence-electron chi connectivity index (χ2n) is 7.84. The van der Waals surface area contributed by atoms with Crippen LogP contribution >= 0.6 is 0 Å². The molecule has 3 heterocycles. The lowest BCUT2D eigenvalue weighted by Gasteiger charge is -2.25. The molecular formula is C22H25F3N2O4. The number of anilines is 1. The van der Waals surface area contributed by atoms with Gasteiger partial charge in [-0.1, -0.05) is 0 Å². The topological polar surface area (TPSA) is 61.7 Å². The average Bonchev–Trinajstić information content (AvgIpc) is 3.24. The molecule has 0 bridgehead atoms. The standard InChI is InChI=1S/C22H25F3N2O4/c1-29-12-15-7-18-14(8-20(15)31-13-22(23,24)25)4-5-27-19(18)9-16(10-21(27)28)26-11-17-3-2-6-30-17/h7-10,17,26H,2-6,11-13H2,1H3. The Kier molecular flexibility index (Phi) is 6.24. The molecule has 1 aromatic carbocycles. The zero-order valence-electron chi connectivity index (χ0n) is 17.3. The molecule has 1 aromatic heterocycles. The zero-order chi connectivity index (χ0) is 22.0. The first-order chi connectivity index (χ1) is 14.8. The number of fused-ring (bicyclic) bond motifs is 3. The Morgan fingerprint density at radius 2 is 2.10 bits per heavy atom. The SMILES string of the molecule is COCc1cc2c(cc1OCC(F)(F)F)CCn1c-2cc(NCC2CCCO2)cc1=O. The number of rotatable bonds is 7. The number of hydrogen-bond donors (Lipinski definition) is 1. The molecule has 2 aliphatic heterocycles. The number of nitrogens with one attached hydrogen (secondary N) is 1. The fourth-order valence-corrected chi connectivity index (χ4v) is 4.10. The van der Waals surface area contributed by atoms with E-state index in [0.717, 1.165) is 36.3 Å². The molecule has 0 radical (unpaired) electrons. The molecule has 2 aliphatic rings. The Hall–Kier alpha value is -2.52. The lowest BCUT2D eigenvalue weighted by atomic mass is 9.94. The normalized spacial score (nSPS) is 17.9. The number of hydrogen-bond acceptors (Lipinski definition) is 5. The maximum atomic E-state index is 12.7. The van der Waals surface area contributed by atoms with Gasteiger partial charge >= 0.3 is 6.18 Å². The number of benzene rings is 1. The minimum atomic E-state index is -4.43. The van der Waals surface area contributed by atoms with E-state index in [1.165, 1.54) is 7.11 Å². The van der Waals surface area contributed by atoms with Crippen molar-refractivity contribution in [3.8, 4) is 17.0 Å². The summed E-state index contributed by atoms with van der Waals surface area (Å²) in [5.74, 6) is 0.154. The van der Waals surface area contributed by atoms with Crippen LogP contribution in [-0.2, 0) is 29.0 Å². The van der Waals surface area contributed by atoms with E-state index >= 15 is 0 Å². The van der Waals surface area contributed by atoms with E-state index in [2.05, 4.69) is 5.32 Å². The highest BCUT2D eigenvalue weighted by Gasteiger charge is 2.29. The lowest BCUT2D eigenvalue weighted by Crippen LogP contribution is -2.27. The van der Waals surface area contributed by atoms with Crippen molar-refractivity contribution >= 4 is 5.69 Å². The Morgan fingerprint density at radius 1 is 1.26 bits per heavy atom. The predicted octanol–water partition coefficient (Wildman–Crippen LogP) is 3.75. The Balaban J connectivity index is 1.66. The molecule has 0 spiro atoms. The van der Waals surface area contributed by atoms with Gasteiger partial charge in [0.2, 0.25) is 0 Å². The van der Waals surface area contributed by atoms with E-state index in [1.54, 1.807) is 22.8 Å². The van der Waals surface area contributed by atoms with Crippen molar-refractivity contribution in [1.82, 2.24) is 4.57 Å². The number of alkyl halides is 3. The third kappa shape index (κ3) is 5.04. The third-order valence-corrected chi connectivity index (χ3v) is 5.54. The summed E-state index contributed by atoms with van der Waals surface area (Å²) in [6, 6.07) is 6.87. The quantitative estimate of drug-likeness (QED) is 0.714. The first-order valence-electron chi connectivity index (χ1n) is 10.3. The van der Waals surface area contributed by atoms with Gasteiger partial charge in [-0.05, 0) is 43.0 Å². The first-order valence-corrected chi connectivity index (χ1v) is 10.3. The molecule has 1 atom stereocenters. The Morgan fingerprint density at radius 3 is 2.81 bits per heavy atom. The largest absolute Gasteiger partial charge is 0.484 e. The van der Waals surface area contributed by atoms with Crippen LogP contribution in [0.15, 0.2) is 29.1 Å². The first kappa shape index (κ1) is 21.7. The van der Waals surface area contributed by atoms with Crippen molar-refractivity contribution in [3.63, 3.8) is 0 Å². The molecule has 9 heteroatoms. The highest BCUT2D eigenvalue weighted by molar-refractivity contribution is 5.71. The van der Waals surface area contributed by atoms with Gasteiger partial charge in [0.25, 0.3) is 5.56 Å². The van der Waals surface area contributed by atoms with Gasteiger partial charge in [0.15, 0.2) is 6.61 Å². The lowest BCUT2D eigenvalue weighted by molar-refractivity contribution is -0.153. The van der Waals surface area contributed by atoms with Gasteiger partial charge in [0.1, 0.15) is 5.75 Å². The fourth-order valence-electron chi connectivity index (χ4n) is 4.10. The Labute approximate surface area is 177 Å². The summed E-state index contributed by atoms with van der Waals surface area (Å²) in [4.78, 5) is 12.7. The van der Waals surface area contributed by atoms with Gasteiger partial charge in [0.05, 0.1) is 18.4 Å². The molecule has 0 amide bonds. The molecule has 31 heavy (non-hydrogen) atoms. The zero-order valence-corrected chi connectivity index (χ0v) is 17.3. The van der Waals surface area contributed by atoms with Crippen LogP contribution in [0.5, 0.6) is 5.75 Å². The van der Waals surface area contributed by atoms with Gasteiger partial charge < -0.3 is 24.1 Å². The number of halogens is 3. The molecule has 4 rings (SSSR count). The molecule has 1 fully saturated rings. The maximum Gasteiger partial charge on any atom is 0.422 e. The number of aromatic nitrogens is 1. The van der Waals surface area contributed by atoms with Crippen LogP contribution in [0.2, 0.25) is 0 Å². The van der Waals surface area contributed by atoms with E-state index in [9.17, 15) is 18.0 Å². The summed E-state index contributed by atoms with van der Waals surface area (Å²) in [6.07, 6.45) is -1.74. The van der Waals surface area contributed by atoms with Gasteiger partial charge in [-0.2, -0.15) is 13.2 Å². The summed E-state index contributed by atoms with van der Waals surface area (Å²) < 4.78 is 55.5. The van der Waals surface area contributed by atoms with E-state index in [4.69, 9.17) is 14.2 Å².